The molecule has 2 N–H and O–H groups in total. The number of methoxy groups -OCH3 is 1. The zero-order chi connectivity index (χ0) is 19.2. The average molecular weight is 369 g/mol. The van der Waals surface area contributed by atoms with Gasteiger partial charge in [-0.25, -0.2) is 8.78 Å². The molecule has 0 saturated heterocycles. The van der Waals surface area contributed by atoms with Gasteiger partial charge < -0.3 is 15.4 Å². The van der Waals surface area contributed by atoms with E-state index in [1.54, 1.807) is 19.4 Å². The Bertz CT molecular complexity index is 963. The van der Waals surface area contributed by atoms with E-state index in [1.165, 1.54) is 12.3 Å². The molecule has 0 aliphatic heterocycles. The van der Waals surface area contributed by atoms with E-state index >= 15 is 0 Å². The summed E-state index contributed by atoms with van der Waals surface area (Å²) in [6, 6.07) is 12.4. The number of halogens is 2. The Kier molecular flexibility index (Phi) is 5.61. The molecule has 5 nitrogen and oxygen atoms in total. The van der Waals surface area contributed by atoms with Crippen molar-refractivity contribution < 1.29 is 18.3 Å². The minimum absolute atomic E-state index is 0.159. The molecule has 1 heterocycles. The summed E-state index contributed by atoms with van der Waals surface area (Å²) in [5.41, 5.74) is 2.03. The summed E-state index contributed by atoms with van der Waals surface area (Å²) in [5, 5.41) is 5.69. The molecule has 7 heteroatoms. The van der Waals surface area contributed by atoms with E-state index in [2.05, 4.69) is 15.6 Å². The van der Waals surface area contributed by atoms with Crippen LogP contribution < -0.4 is 15.4 Å². The molecule has 27 heavy (non-hydrogen) atoms. The molecule has 0 bridgehead atoms. The number of hydrogen-bond donors (Lipinski definition) is 2. The van der Waals surface area contributed by atoms with Gasteiger partial charge >= 0.3 is 0 Å². The van der Waals surface area contributed by atoms with Crippen molar-refractivity contribution in [2.75, 3.05) is 17.7 Å². The second-order valence-corrected chi connectivity index (χ2v) is 5.71. The third kappa shape index (κ3) is 4.58. The van der Waals surface area contributed by atoms with Gasteiger partial charge in [-0.05, 0) is 24.3 Å². The molecule has 3 aromatic rings. The van der Waals surface area contributed by atoms with E-state index in [0.717, 1.165) is 23.4 Å². The Hall–Kier alpha value is -3.48. The van der Waals surface area contributed by atoms with Crippen LogP contribution in [0.3, 0.4) is 0 Å². The van der Waals surface area contributed by atoms with Crippen LogP contribution in [0.1, 0.15) is 15.9 Å². The number of pyridine rings is 1. The third-order valence-corrected chi connectivity index (χ3v) is 3.85. The van der Waals surface area contributed by atoms with Gasteiger partial charge in [-0.2, -0.15) is 0 Å². The zero-order valence-electron chi connectivity index (χ0n) is 14.5. The molecule has 0 spiro atoms. The molecule has 138 valence electrons. The SMILES string of the molecule is COc1ccccc1CNc1cncc(C(=O)Nc2ccc(F)c(F)c2)c1. The minimum Gasteiger partial charge on any atom is -0.496 e. The first-order valence-corrected chi connectivity index (χ1v) is 8.14. The van der Waals surface area contributed by atoms with Crippen molar-refractivity contribution in [3.05, 3.63) is 83.7 Å². The lowest BCUT2D eigenvalue weighted by molar-refractivity contribution is 0.102. The molecular weight excluding hydrogens is 352 g/mol. The number of para-hydroxylation sites is 1. The topological polar surface area (TPSA) is 63.2 Å². The Balaban J connectivity index is 1.69. The molecule has 0 atom stereocenters. The maximum absolute atomic E-state index is 13.3. The number of amides is 1. The third-order valence-electron chi connectivity index (χ3n) is 3.85. The molecule has 0 aliphatic carbocycles. The highest BCUT2D eigenvalue weighted by Gasteiger charge is 2.10. The van der Waals surface area contributed by atoms with E-state index in [9.17, 15) is 13.6 Å². The molecule has 3 rings (SSSR count). The van der Waals surface area contributed by atoms with Crippen molar-refractivity contribution in [2.24, 2.45) is 0 Å². The number of carbonyl (C=O) groups is 1. The highest BCUT2D eigenvalue weighted by Crippen LogP contribution is 2.20. The molecule has 0 fully saturated rings. The van der Waals surface area contributed by atoms with Crippen molar-refractivity contribution in [3.8, 4) is 5.75 Å². The van der Waals surface area contributed by atoms with Crippen LogP contribution in [-0.4, -0.2) is 18.0 Å². The maximum Gasteiger partial charge on any atom is 0.257 e. The first kappa shape index (κ1) is 18.3. The first-order chi connectivity index (χ1) is 13.1. The maximum atomic E-state index is 13.3. The summed E-state index contributed by atoms with van der Waals surface area (Å²) in [4.78, 5) is 16.4. The number of carbonyl (C=O) groups excluding carboxylic acids is 1. The Morgan fingerprint density at radius 1 is 1.04 bits per heavy atom. The van der Waals surface area contributed by atoms with Crippen molar-refractivity contribution in [2.45, 2.75) is 6.54 Å². The quantitative estimate of drug-likeness (QED) is 0.682. The summed E-state index contributed by atoms with van der Waals surface area (Å²) in [5.74, 6) is -1.73. The van der Waals surface area contributed by atoms with E-state index in [0.29, 0.717) is 12.2 Å². The molecule has 1 aromatic heterocycles. The fraction of sp³-hybridized carbons (Fsp3) is 0.100. The lowest BCUT2D eigenvalue weighted by Crippen LogP contribution is -2.13. The van der Waals surface area contributed by atoms with Gasteiger partial charge in [0.05, 0.1) is 18.4 Å². The molecule has 0 saturated carbocycles. The Morgan fingerprint density at radius 3 is 2.63 bits per heavy atom. The van der Waals surface area contributed by atoms with Gasteiger partial charge in [0.1, 0.15) is 5.75 Å². The fourth-order valence-electron chi connectivity index (χ4n) is 2.48. The summed E-state index contributed by atoms with van der Waals surface area (Å²) >= 11 is 0. The summed E-state index contributed by atoms with van der Waals surface area (Å²) in [6.07, 6.45) is 2.98. The van der Waals surface area contributed by atoms with Crippen LogP contribution in [0, 0.1) is 11.6 Å². The second kappa shape index (κ2) is 8.27. The van der Waals surface area contributed by atoms with E-state index in [-0.39, 0.29) is 11.3 Å². The van der Waals surface area contributed by atoms with Gasteiger partial charge in [-0.3, -0.25) is 9.78 Å². The van der Waals surface area contributed by atoms with Gasteiger partial charge in [0.2, 0.25) is 0 Å². The summed E-state index contributed by atoms with van der Waals surface area (Å²) in [6.45, 7) is 0.486. The molecule has 2 aromatic carbocycles. The highest BCUT2D eigenvalue weighted by atomic mass is 19.2. The van der Waals surface area contributed by atoms with Gasteiger partial charge in [0.25, 0.3) is 5.91 Å². The Labute approximate surface area is 155 Å². The Morgan fingerprint density at radius 2 is 1.85 bits per heavy atom. The largest absolute Gasteiger partial charge is 0.496 e. The van der Waals surface area contributed by atoms with Crippen molar-refractivity contribution in [3.63, 3.8) is 0 Å². The van der Waals surface area contributed by atoms with Gasteiger partial charge in [-0.15, -0.1) is 0 Å². The minimum atomic E-state index is -1.03. The smallest absolute Gasteiger partial charge is 0.257 e. The monoisotopic (exact) mass is 369 g/mol. The number of aromatic nitrogens is 1. The zero-order valence-corrected chi connectivity index (χ0v) is 14.5. The number of ether oxygens (including phenoxy) is 1. The first-order valence-electron chi connectivity index (χ1n) is 8.14. The average Bonchev–Trinajstić information content (AvgIpc) is 2.69. The van der Waals surface area contributed by atoms with Crippen molar-refractivity contribution in [1.29, 1.82) is 0 Å². The van der Waals surface area contributed by atoms with Gasteiger partial charge in [0.15, 0.2) is 11.6 Å². The fourth-order valence-corrected chi connectivity index (χ4v) is 2.48. The van der Waals surface area contributed by atoms with Crippen LogP contribution in [0.5, 0.6) is 5.75 Å². The number of rotatable bonds is 6. The van der Waals surface area contributed by atoms with Crippen molar-refractivity contribution in [1.82, 2.24) is 4.98 Å². The molecule has 0 unspecified atom stereocenters. The van der Waals surface area contributed by atoms with Crippen LogP contribution in [-0.2, 0) is 6.54 Å². The van der Waals surface area contributed by atoms with E-state index in [4.69, 9.17) is 4.74 Å². The molecule has 0 radical (unpaired) electrons. The van der Waals surface area contributed by atoms with Crippen LogP contribution >= 0.6 is 0 Å². The predicted molar refractivity (Wildman–Crippen MR) is 98.9 cm³/mol. The summed E-state index contributed by atoms with van der Waals surface area (Å²) in [7, 11) is 1.60. The number of nitrogens with zero attached hydrogens (tertiary/aromatic N) is 1. The molecular formula is C20H17F2N3O2. The highest BCUT2D eigenvalue weighted by molar-refractivity contribution is 6.04. The standard InChI is InChI=1S/C20H17F2N3O2/c1-27-19-5-3-2-4-13(19)11-24-16-8-14(10-23-12-16)20(26)25-15-6-7-17(21)18(22)9-15/h2-10,12,24H,11H2,1H3,(H,25,26). The van der Waals surface area contributed by atoms with Crippen LogP contribution in [0.15, 0.2) is 60.9 Å². The number of hydrogen-bond acceptors (Lipinski definition) is 4. The predicted octanol–water partition coefficient (Wildman–Crippen LogP) is 4.23. The second-order valence-electron chi connectivity index (χ2n) is 5.71. The lowest BCUT2D eigenvalue weighted by Gasteiger charge is -2.11. The van der Waals surface area contributed by atoms with Crippen LogP contribution in [0.4, 0.5) is 20.2 Å². The number of benzene rings is 2. The lowest BCUT2D eigenvalue weighted by atomic mass is 10.2. The van der Waals surface area contributed by atoms with E-state index in [1.807, 2.05) is 24.3 Å². The van der Waals surface area contributed by atoms with E-state index < -0.39 is 17.5 Å². The van der Waals surface area contributed by atoms with Gasteiger partial charge in [0, 0.05) is 36.3 Å². The molecule has 0 aliphatic rings. The molecule has 1 amide bonds. The van der Waals surface area contributed by atoms with Crippen molar-refractivity contribution >= 4 is 17.3 Å². The number of nitrogens with one attached hydrogen (secondary N) is 2. The summed E-state index contributed by atoms with van der Waals surface area (Å²) < 4.78 is 31.5. The number of anilines is 2. The van der Waals surface area contributed by atoms with Gasteiger partial charge in [-0.1, -0.05) is 18.2 Å². The normalized spacial score (nSPS) is 10.3. The van der Waals surface area contributed by atoms with Crippen LogP contribution in [0.2, 0.25) is 0 Å². The van der Waals surface area contributed by atoms with Crippen LogP contribution in [0.25, 0.3) is 0 Å².